The summed E-state index contributed by atoms with van der Waals surface area (Å²) in [4.78, 5) is 15.8. The quantitative estimate of drug-likeness (QED) is 0.544. The number of aromatic nitrogens is 4. The average Bonchev–Trinajstić information content (AvgIpc) is 3.32. The fourth-order valence-electron chi connectivity index (χ4n) is 3.17. The molecule has 0 spiro atoms. The van der Waals surface area contributed by atoms with Gasteiger partial charge in [0.1, 0.15) is 34.6 Å². The molecule has 7 heteroatoms. The first-order valence-electron chi connectivity index (χ1n) is 8.81. The molecule has 27 heavy (non-hydrogen) atoms. The number of nitrogens with zero attached hydrogens (tertiary/aromatic N) is 4. The predicted octanol–water partition coefficient (Wildman–Crippen LogP) is 4.20. The molecule has 0 aliphatic heterocycles. The van der Waals surface area contributed by atoms with Crippen LogP contribution in [0.5, 0.6) is 5.75 Å². The summed E-state index contributed by atoms with van der Waals surface area (Å²) in [5, 5.41) is 4.62. The number of anilines is 1. The zero-order chi connectivity index (χ0) is 18.8. The highest BCUT2D eigenvalue weighted by Gasteiger charge is 2.23. The summed E-state index contributed by atoms with van der Waals surface area (Å²) >= 11 is 1.71. The van der Waals surface area contributed by atoms with Crippen molar-refractivity contribution in [1.29, 1.82) is 0 Å². The van der Waals surface area contributed by atoms with E-state index in [0.29, 0.717) is 0 Å². The third-order valence-corrected chi connectivity index (χ3v) is 5.76. The molecule has 0 aliphatic rings. The summed E-state index contributed by atoms with van der Waals surface area (Å²) in [5.74, 6) is 2.50. The van der Waals surface area contributed by atoms with Gasteiger partial charge in [-0.15, -0.1) is 11.3 Å². The Balaban J connectivity index is 1.83. The average molecular weight is 379 g/mol. The number of nitrogens with one attached hydrogen (secondary N) is 1. The molecule has 0 saturated carbocycles. The number of fused-ring (bicyclic) bond motifs is 1. The van der Waals surface area contributed by atoms with Gasteiger partial charge in [-0.1, -0.05) is 25.1 Å². The first-order valence-corrected chi connectivity index (χ1v) is 9.63. The maximum Gasteiger partial charge on any atom is 0.139 e. The fourth-order valence-corrected chi connectivity index (χ4v) is 4.11. The Hall–Kier alpha value is -2.93. The second-order valence-electron chi connectivity index (χ2n) is 6.22. The van der Waals surface area contributed by atoms with Gasteiger partial charge in [0.15, 0.2) is 0 Å². The van der Waals surface area contributed by atoms with Crippen molar-refractivity contribution in [2.75, 3.05) is 12.4 Å². The zero-order valence-electron chi connectivity index (χ0n) is 15.5. The van der Waals surface area contributed by atoms with Gasteiger partial charge in [-0.05, 0) is 18.6 Å². The van der Waals surface area contributed by atoms with Crippen LogP contribution in [0.1, 0.15) is 29.2 Å². The van der Waals surface area contributed by atoms with Crippen molar-refractivity contribution in [2.45, 2.75) is 19.4 Å². The summed E-state index contributed by atoms with van der Waals surface area (Å²) in [6.07, 6.45) is 6.33. The first-order chi connectivity index (χ1) is 13.2. The molecular formula is C20H21N5OS. The van der Waals surface area contributed by atoms with Gasteiger partial charge in [0.25, 0.3) is 0 Å². The lowest BCUT2D eigenvalue weighted by molar-refractivity contribution is 0.408. The summed E-state index contributed by atoms with van der Waals surface area (Å²) in [5.41, 5.74) is 1.01. The fraction of sp³-hybridized carbons (Fsp3) is 0.250. The van der Waals surface area contributed by atoms with Crippen LogP contribution >= 0.6 is 11.3 Å². The maximum atomic E-state index is 5.60. The summed E-state index contributed by atoms with van der Waals surface area (Å²) in [6, 6.07) is 9.94. The molecule has 0 amide bonds. The van der Waals surface area contributed by atoms with E-state index in [2.05, 4.69) is 39.3 Å². The number of thiophene rings is 1. The van der Waals surface area contributed by atoms with E-state index in [1.165, 1.54) is 4.88 Å². The third-order valence-electron chi connectivity index (χ3n) is 4.58. The van der Waals surface area contributed by atoms with Gasteiger partial charge in [-0.2, -0.15) is 0 Å². The van der Waals surface area contributed by atoms with Crippen LogP contribution in [-0.2, 0) is 13.5 Å². The van der Waals surface area contributed by atoms with Crippen molar-refractivity contribution < 1.29 is 4.74 Å². The highest BCUT2D eigenvalue weighted by atomic mass is 32.1. The molecule has 6 nitrogen and oxygen atoms in total. The Labute approximate surface area is 161 Å². The smallest absolute Gasteiger partial charge is 0.139 e. The van der Waals surface area contributed by atoms with Gasteiger partial charge in [-0.25, -0.2) is 15.0 Å². The number of hydrogen-bond donors (Lipinski definition) is 1. The minimum atomic E-state index is -0.204. The third kappa shape index (κ3) is 3.26. The van der Waals surface area contributed by atoms with Crippen LogP contribution in [-0.4, -0.2) is 26.6 Å². The highest BCUT2D eigenvalue weighted by molar-refractivity contribution is 7.18. The first kappa shape index (κ1) is 17.5. The van der Waals surface area contributed by atoms with E-state index in [0.717, 1.165) is 39.6 Å². The molecule has 1 N–H and O–H groups in total. The van der Waals surface area contributed by atoms with Gasteiger partial charge >= 0.3 is 0 Å². The van der Waals surface area contributed by atoms with Crippen molar-refractivity contribution in [1.82, 2.24) is 19.5 Å². The number of aryl methyl sites for hydroxylation is 2. The van der Waals surface area contributed by atoms with Crippen LogP contribution in [0.4, 0.5) is 5.82 Å². The normalized spacial score (nSPS) is 12.3. The van der Waals surface area contributed by atoms with Crippen LogP contribution in [0.15, 0.2) is 49.1 Å². The topological polar surface area (TPSA) is 64.9 Å². The Morgan fingerprint density at radius 2 is 2.07 bits per heavy atom. The van der Waals surface area contributed by atoms with E-state index in [1.807, 2.05) is 36.0 Å². The van der Waals surface area contributed by atoms with E-state index in [-0.39, 0.29) is 6.04 Å². The van der Waals surface area contributed by atoms with Crippen LogP contribution in [0.2, 0.25) is 0 Å². The number of imidazole rings is 1. The SMILES string of the molecule is CCc1cc2c(NC(c3ccccc3OC)c3nccn3C)ncnc2s1. The van der Waals surface area contributed by atoms with Gasteiger partial charge in [0.2, 0.25) is 0 Å². The van der Waals surface area contributed by atoms with E-state index >= 15 is 0 Å². The molecule has 3 aromatic heterocycles. The predicted molar refractivity (Wildman–Crippen MR) is 108 cm³/mol. The second-order valence-corrected chi connectivity index (χ2v) is 7.34. The second kappa shape index (κ2) is 7.36. The van der Waals surface area contributed by atoms with Crippen molar-refractivity contribution in [3.8, 4) is 5.75 Å². The molecule has 1 unspecified atom stereocenters. The molecule has 0 saturated heterocycles. The molecular weight excluding hydrogens is 358 g/mol. The standard InChI is InChI=1S/C20H21N5OS/c1-4-13-11-15-18(22-12-23-20(15)27-13)24-17(19-21-9-10-25(19)2)14-7-5-6-8-16(14)26-3/h5-12,17H,4H2,1-3H3,(H,22,23,24). The summed E-state index contributed by atoms with van der Waals surface area (Å²) in [6.45, 7) is 2.15. The molecule has 0 bridgehead atoms. The van der Waals surface area contributed by atoms with Crippen LogP contribution in [0.25, 0.3) is 10.2 Å². The molecule has 4 aromatic rings. The molecule has 0 radical (unpaired) electrons. The van der Waals surface area contributed by atoms with Gasteiger partial charge in [0, 0.05) is 29.9 Å². The number of rotatable bonds is 6. The molecule has 3 heterocycles. The number of para-hydroxylation sites is 1. The minimum Gasteiger partial charge on any atom is -0.496 e. The van der Waals surface area contributed by atoms with Crippen molar-refractivity contribution in [3.05, 3.63) is 65.3 Å². The maximum absolute atomic E-state index is 5.60. The molecule has 4 rings (SSSR count). The van der Waals surface area contributed by atoms with Gasteiger partial charge in [0.05, 0.1) is 12.5 Å². The van der Waals surface area contributed by atoms with E-state index in [4.69, 9.17) is 4.74 Å². The van der Waals surface area contributed by atoms with Crippen LogP contribution in [0, 0.1) is 0 Å². The van der Waals surface area contributed by atoms with Gasteiger partial charge in [-0.3, -0.25) is 0 Å². The Morgan fingerprint density at radius 3 is 2.81 bits per heavy atom. The molecule has 1 aromatic carbocycles. The van der Waals surface area contributed by atoms with Gasteiger partial charge < -0.3 is 14.6 Å². The van der Waals surface area contributed by atoms with Crippen LogP contribution < -0.4 is 10.1 Å². The highest BCUT2D eigenvalue weighted by Crippen LogP contribution is 2.35. The lowest BCUT2D eigenvalue weighted by atomic mass is 10.0. The van der Waals surface area contributed by atoms with E-state index < -0.39 is 0 Å². The number of ether oxygens (including phenoxy) is 1. The van der Waals surface area contributed by atoms with Crippen molar-refractivity contribution in [2.24, 2.45) is 7.05 Å². The Morgan fingerprint density at radius 1 is 1.22 bits per heavy atom. The Bertz CT molecular complexity index is 1070. The molecule has 0 aliphatic carbocycles. The molecule has 138 valence electrons. The number of methoxy groups -OCH3 is 1. The summed E-state index contributed by atoms with van der Waals surface area (Å²) < 4.78 is 7.61. The zero-order valence-corrected chi connectivity index (χ0v) is 16.3. The van der Waals surface area contributed by atoms with Crippen molar-refractivity contribution >= 4 is 27.4 Å². The van der Waals surface area contributed by atoms with E-state index in [9.17, 15) is 0 Å². The number of hydrogen-bond acceptors (Lipinski definition) is 6. The lowest BCUT2D eigenvalue weighted by Gasteiger charge is -2.22. The van der Waals surface area contributed by atoms with E-state index in [1.54, 1.807) is 31.0 Å². The largest absolute Gasteiger partial charge is 0.496 e. The Kier molecular flexibility index (Phi) is 4.77. The monoisotopic (exact) mass is 379 g/mol. The summed E-state index contributed by atoms with van der Waals surface area (Å²) in [7, 11) is 3.67. The lowest BCUT2D eigenvalue weighted by Crippen LogP contribution is -2.18. The molecule has 1 atom stereocenters. The minimum absolute atomic E-state index is 0.204. The number of benzene rings is 1. The van der Waals surface area contributed by atoms with Crippen LogP contribution in [0.3, 0.4) is 0 Å². The molecule has 0 fully saturated rings. The van der Waals surface area contributed by atoms with Crippen molar-refractivity contribution in [3.63, 3.8) is 0 Å².